The molecular formula is C13H15F2NO3. The van der Waals surface area contributed by atoms with Crippen molar-refractivity contribution in [2.45, 2.75) is 31.4 Å². The van der Waals surface area contributed by atoms with Gasteiger partial charge in [-0.2, -0.15) is 0 Å². The second-order valence-electron chi connectivity index (χ2n) is 4.63. The summed E-state index contributed by atoms with van der Waals surface area (Å²) in [4.78, 5) is 10.7. The number of hydrogen-bond acceptors (Lipinski definition) is 3. The predicted octanol–water partition coefficient (Wildman–Crippen LogP) is 2.64. The van der Waals surface area contributed by atoms with Crippen molar-refractivity contribution in [1.82, 2.24) is 0 Å². The summed E-state index contributed by atoms with van der Waals surface area (Å²) in [5.74, 6) is -3.14. The Morgan fingerprint density at radius 1 is 1.37 bits per heavy atom. The molecule has 0 heterocycles. The Labute approximate surface area is 109 Å². The molecule has 1 aliphatic rings. The van der Waals surface area contributed by atoms with E-state index < -0.39 is 23.2 Å². The normalized spacial score (nSPS) is 22.5. The first-order chi connectivity index (χ1) is 9.01. The highest BCUT2D eigenvalue weighted by Gasteiger charge is 2.26. The van der Waals surface area contributed by atoms with Crippen LogP contribution < -0.4 is 5.32 Å². The van der Waals surface area contributed by atoms with Crippen molar-refractivity contribution < 1.29 is 23.4 Å². The van der Waals surface area contributed by atoms with E-state index in [1.165, 1.54) is 0 Å². The van der Waals surface area contributed by atoms with Crippen LogP contribution in [0.2, 0.25) is 0 Å². The largest absolute Gasteiger partial charge is 0.478 e. The Bertz CT molecular complexity index is 470. The van der Waals surface area contributed by atoms with E-state index in [9.17, 15) is 13.6 Å². The molecule has 1 saturated carbocycles. The number of rotatable bonds is 4. The van der Waals surface area contributed by atoms with Crippen molar-refractivity contribution in [3.63, 3.8) is 0 Å². The van der Waals surface area contributed by atoms with E-state index in [1.807, 2.05) is 0 Å². The van der Waals surface area contributed by atoms with Gasteiger partial charge < -0.3 is 15.2 Å². The van der Waals surface area contributed by atoms with Gasteiger partial charge in [0.15, 0.2) is 0 Å². The molecule has 2 rings (SSSR count). The molecule has 0 spiro atoms. The lowest BCUT2D eigenvalue weighted by Crippen LogP contribution is -2.19. The third-order valence-corrected chi connectivity index (χ3v) is 3.36. The summed E-state index contributed by atoms with van der Waals surface area (Å²) >= 11 is 0. The monoisotopic (exact) mass is 271 g/mol. The van der Waals surface area contributed by atoms with E-state index >= 15 is 0 Å². The van der Waals surface area contributed by atoms with Crippen LogP contribution >= 0.6 is 0 Å². The number of methoxy groups -OCH3 is 1. The number of ether oxygens (including phenoxy) is 1. The van der Waals surface area contributed by atoms with Crippen LogP contribution in [0.1, 0.15) is 29.6 Å². The molecule has 2 atom stereocenters. The molecule has 19 heavy (non-hydrogen) atoms. The van der Waals surface area contributed by atoms with E-state index in [-0.39, 0.29) is 17.8 Å². The van der Waals surface area contributed by atoms with E-state index in [0.29, 0.717) is 6.42 Å². The van der Waals surface area contributed by atoms with Crippen LogP contribution in [0.15, 0.2) is 12.1 Å². The topological polar surface area (TPSA) is 58.6 Å². The Hall–Kier alpha value is -1.69. The summed E-state index contributed by atoms with van der Waals surface area (Å²) in [5, 5.41) is 11.5. The zero-order chi connectivity index (χ0) is 14.0. The smallest absolute Gasteiger partial charge is 0.335 e. The third-order valence-electron chi connectivity index (χ3n) is 3.36. The molecule has 0 bridgehead atoms. The lowest BCUT2D eigenvalue weighted by Gasteiger charge is -2.16. The summed E-state index contributed by atoms with van der Waals surface area (Å²) < 4.78 is 32.6. The van der Waals surface area contributed by atoms with Gasteiger partial charge in [-0.25, -0.2) is 13.6 Å². The van der Waals surface area contributed by atoms with Gasteiger partial charge in [-0.05, 0) is 31.4 Å². The number of carboxylic acids is 1. The molecule has 0 amide bonds. The molecule has 0 saturated heterocycles. The Morgan fingerprint density at radius 3 is 2.47 bits per heavy atom. The van der Waals surface area contributed by atoms with Gasteiger partial charge in [0, 0.05) is 13.2 Å². The Morgan fingerprint density at radius 2 is 2.00 bits per heavy atom. The number of nitrogens with one attached hydrogen (secondary N) is 1. The number of benzene rings is 1. The first-order valence-electron chi connectivity index (χ1n) is 6.03. The molecule has 4 nitrogen and oxygen atoms in total. The molecular weight excluding hydrogens is 256 g/mol. The van der Waals surface area contributed by atoms with Gasteiger partial charge in [-0.3, -0.25) is 0 Å². The quantitative estimate of drug-likeness (QED) is 0.883. The second-order valence-corrected chi connectivity index (χ2v) is 4.63. The van der Waals surface area contributed by atoms with Crippen LogP contribution in [-0.2, 0) is 4.74 Å². The summed E-state index contributed by atoms with van der Waals surface area (Å²) in [6.45, 7) is 0. The molecule has 104 valence electrons. The molecule has 1 fully saturated rings. The fourth-order valence-corrected chi connectivity index (χ4v) is 2.32. The minimum atomic E-state index is -1.36. The lowest BCUT2D eigenvalue weighted by atomic mass is 10.1. The van der Waals surface area contributed by atoms with Gasteiger partial charge in [0.05, 0.1) is 11.7 Å². The maximum Gasteiger partial charge on any atom is 0.335 e. The minimum Gasteiger partial charge on any atom is -0.478 e. The predicted molar refractivity (Wildman–Crippen MR) is 65.4 cm³/mol. The highest BCUT2D eigenvalue weighted by molar-refractivity contribution is 5.88. The van der Waals surface area contributed by atoms with Gasteiger partial charge in [0.25, 0.3) is 0 Å². The van der Waals surface area contributed by atoms with Gasteiger partial charge >= 0.3 is 5.97 Å². The number of hydrogen-bond donors (Lipinski definition) is 2. The average molecular weight is 271 g/mol. The van der Waals surface area contributed by atoms with Crippen LogP contribution in [0.4, 0.5) is 14.5 Å². The van der Waals surface area contributed by atoms with E-state index in [2.05, 4.69) is 5.32 Å². The van der Waals surface area contributed by atoms with Crippen molar-refractivity contribution in [3.05, 3.63) is 29.3 Å². The van der Waals surface area contributed by atoms with Crippen molar-refractivity contribution in [2.24, 2.45) is 0 Å². The Balaban J connectivity index is 2.15. The number of carbonyl (C=O) groups is 1. The van der Waals surface area contributed by atoms with E-state index in [0.717, 1.165) is 25.0 Å². The molecule has 1 aliphatic carbocycles. The van der Waals surface area contributed by atoms with E-state index in [1.54, 1.807) is 7.11 Å². The van der Waals surface area contributed by atoms with Crippen molar-refractivity contribution >= 4 is 11.7 Å². The fraction of sp³-hybridized carbons (Fsp3) is 0.462. The number of aromatic carboxylic acids is 1. The van der Waals surface area contributed by atoms with Crippen LogP contribution in [0, 0.1) is 11.6 Å². The second kappa shape index (κ2) is 5.52. The van der Waals surface area contributed by atoms with Crippen LogP contribution in [0.25, 0.3) is 0 Å². The summed E-state index contributed by atoms with van der Waals surface area (Å²) in [6, 6.07) is 1.57. The van der Waals surface area contributed by atoms with Gasteiger partial charge in [-0.1, -0.05) is 0 Å². The molecule has 1 aromatic carbocycles. The number of halogens is 2. The van der Waals surface area contributed by atoms with Crippen LogP contribution in [0.3, 0.4) is 0 Å². The molecule has 1 aromatic rings. The van der Waals surface area contributed by atoms with Crippen molar-refractivity contribution in [1.29, 1.82) is 0 Å². The van der Waals surface area contributed by atoms with E-state index in [4.69, 9.17) is 9.84 Å². The molecule has 0 radical (unpaired) electrons. The maximum atomic E-state index is 13.7. The standard InChI is InChI=1S/C13H15F2NO3/c1-19-9-3-2-8(6-9)16-12-10(14)4-7(13(17)18)5-11(12)15/h4-5,8-9,16H,2-3,6H2,1H3,(H,17,18). The molecule has 0 aliphatic heterocycles. The molecule has 2 unspecified atom stereocenters. The Kier molecular flexibility index (Phi) is 3.99. The van der Waals surface area contributed by atoms with Crippen molar-refractivity contribution in [3.8, 4) is 0 Å². The molecule has 0 aromatic heterocycles. The van der Waals surface area contributed by atoms with Crippen LogP contribution in [0.5, 0.6) is 0 Å². The third kappa shape index (κ3) is 3.01. The number of anilines is 1. The highest BCUT2D eigenvalue weighted by Crippen LogP contribution is 2.28. The maximum absolute atomic E-state index is 13.7. The fourth-order valence-electron chi connectivity index (χ4n) is 2.32. The SMILES string of the molecule is COC1CCC(Nc2c(F)cc(C(=O)O)cc2F)C1. The summed E-state index contributed by atoms with van der Waals surface area (Å²) in [7, 11) is 1.61. The summed E-state index contributed by atoms with van der Waals surface area (Å²) in [5.41, 5.74) is -0.673. The zero-order valence-corrected chi connectivity index (χ0v) is 10.5. The first-order valence-corrected chi connectivity index (χ1v) is 6.03. The van der Waals surface area contributed by atoms with Crippen LogP contribution in [-0.4, -0.2) is 30.3 Å². The first kappa shape index (κ1) is 13.7. The van der Waals surface area contributed by atoms with Gasteiger partial charge in [0.2, 0.25) is 0 Å². The van der Waals surface area contributed by atoms with Gasteiger partial charge in [-0.15, -0.1) is 0 Å². The molecule has 2 N–H and O–H groups in total. The zero-order valence-electron chi connectivity index (χ0n) is 10.5. The van der Waals surface area contributed by atoms with Crippen molar-refractivity contribution in [2.75, 3.05) is 12.4 Å². The summed E-state index contributed by atoms with van der Waals surface area (Å²) in [6.07, 6.45) is 2.38. The van der Waals surface area contributed by atoms with Gasteiger partial charge in [0.1, 0.15) is 17.3 Å². The number of carboxylic acid groups (broad SMARTS) is 1. The lowest BCUT2D eigenvalue weighted by molar-refractivity contribution is 0.0696. The minimum absolute atomic E-state index is 0.0652. The highest BCUT2D eigenvalue weighted by atomic mass is 19.1. The average Bonchev–Trinajstić information content (AvgIpc) is 2.81. The molecule has 6 heteroatoms.